The van der Waals surface area contributed by atoms with Crippen molar-refractivity contribution in [1.29, 1.82) is 0 Å². The molecule has 5 aromatic heterocycles. The van der Waals surface area contributed by atoms with Crippen LogP contribution in [-0.4, -0.2) is 28.5 Å². The molecule has 6 rings (SSSR count). The van der Waals surface area contributed by atoms with E-state index < -0.39 is 0 Å². The summed E-state index contributed by atoms with van der Waals surface area (Å²) in [5, 5.41) is 8.74. The summed E-state index contributed by atoms with van der Waals surface area (Å²) in [6.07, 6.45) is 5.30. The van der Waals surface area contributed by atoms with Gasteiger partial charge in [-0.3, -0.25) is 23.6 Å². The Morgan fingerprint density at radius 3 is 2.47 bits per heavy atom. The summed E-state index contributed by atoms with van der Waals surface area (Å²) >= 11 is 1.69. The van der Waals surface area contributed by atoms with Crippen molar-refractivity contribution in [3.05, 3.63) is 104 Å². The van der Waals surface area contributed by atoms with E-state index in [2.05, 4.69) is 36.3 Å². The maximum atomic E-state index is 14.1. The van der Waals surface area contributed by atoms with Crippen molar-refractivity contribution in [3.8, 4) is 11.4 Å². The first-order valence-corrected chi connectivity index (χ1v) is 13.5. The van der Waals surface area contributed by atoms with Gasteiger partial charge in [0.15, 0.2) is 5.65 Å². The zero-order valence-corrected chi connectivity index (χ0v) is 22.4. The molecule has 0 amide bonds. The molecule has 192 valence electrons. The lowest BCUT2D eigenvalue weighted by atomic mass is 10.1. The van der Waals surface area contributed by atoms with E-state index in [1.165, 1.54) is 14.7 Å². The Bertz CT molecular complexity index is 1890. The van der Waals surface area contributed by atoms with E-state index in [9.17, 15) is 9.59 Å². The Kier molecular flexibility index (Phi) is 6.07. The van der Waals surface area contributed by atoms with Gasteiger partial charge < -0.3 is 4.57 Å². The highest BCUT2D eigenvalue weighted by Gasteiger charge is 2.25. The van der Waals surface area contributed by atoms with Crippen molar-refractivity contribution in [2.45, 2.75) is 33.5 Å². The van der Waals surface area contributed by atoms with Crippen molar-refractivity contribution in [3.63, 3.8) is 0 Å². The van der Waals surface area contributed by atoms with Crippen LogP contribution in [0.5, 0.6) is 0 Å². The van der Waals surface area contributed by atoms with Crippen LogP contribution < -0.4 is 11.2 Å². The minimum absolute atomic E-state index is 0.168. The van der Waals surface area contributed by atoms with Crippen LogP contribution in [0, 0.1) is 5.92 Å². The van der Waals surface area contributed by atoms with Crippen LogP contribution in [0.2, 0.25) is 0 Å². The molecule has 5 heterocycles. The van der Waals surface area contributed by atoms with Gasteiger partial charge in [0.25, 0.3) is 5.56 Å². The van der Waals surface area contributed by atoms with E-state index >= 15 is 0 Å². The third kappa shape index (κ3) is 4.09. The average Bonchev–Trinajstić information content (AvgIpc) is 3.62. The van der Waals surface area contributed by atoms with Crippen LogP contribution >= 0.6 is 11.3 Å². The Balaban J connectivity index is 1.65. The van der Waals surface area contributed by atoms with Crippen molar-refractivity contribution in [2.75, 3.05) is 0 Å². The lowest BCUT2D eigenvalue weighted by Crippen LogP contribution is -2.41. The number of nitrogens with zero attached hydrogens (tertiary/aromatic N) is 6. The summed E-state index contributed by atoms with van der Waals surface area (Å²) in [6, 6.07) is 15.9. The Morgan fingerprint density at radius 1 is 0.947 bits per heavy atom. The molecule has 0 aliphatic heterocycles. The highest BCUT2D eigenvalue weighted by molar-refractivity contribution is 7.17. The van der Waals surface area contributed by atoms with Gasteiger partial charge in [-0.25, -0.2) is 4.79 Å². The third-order valence-corrected chi connectivity index (χ3v) is 7.83. The summed E-state index contributed by atoms with van der Waals surface area (Å²) in [7, 11) is 1.96. The second-order valence-corrected chi connectivity index (χ2v) is 10.9. The fourth-order valence-electron chi connectivity index (χ4n) is 5.03. The van der Waals surface area contributed by atoms with Gasteiger partial charge in [0.2, 0.25) is 0 Å². The van der Waals surface area contributed by atoms with Crippen LogP contribution in [0.15, 0.2) is 82.1 Å². The van der Waals surface area contributed by atoms with Gasteiger partial charge in [0.1, 0.15) is 11.1 Å². The number of aryl methyl sites for hydroxylation is 1. The Morgan fingerprint density at radius 2 is 1.74 bits per heavy atom. The van der Waals surface area contributed by atoms with Gasteiger partial charge in [-0.1, -0.05) is 32.0 Å². The Hall–Kier alpha value is -4.24. The molecular formula is C29H28N6O2S. The topological polar surface area (TPSA) is 79.6 Å². The summed E-state index contributed by atoms with van der Waals surface area (Å²) in [5.41, 5.74) is 3.30. The van der Waals surface area contributed by atoms with E-state index in [1.54, 1.807) is 28.3 Å². The Labute approximate surface area is 223 Å². The largest absolute Gasteiger partial charge is 0.349 e. The standard InChI is InChI=1S/C29H28N6O2S/c1-19(2)15-33-27-25(28(36)34(29(33)37)16-20-10-12-30-13-11-20)26(23-8-6-14-32(23)3)35(31-27)17-21-18-38-24-9-5-4-7-22(21)24/h4-14,18-19H,15-17H2,1-3H3. The smallest absolute Gasteiger partial charge is 0.333 e. The molecule has 0 spiro atoms. The van der Waals surface area contributed by atoms with E-state index in [-0.39, 0.29) is 23.7 Å². The van der Waals surface area contributed by atoms with Crippen molar-refractivity contribution in [1.82, 2.24) is 28.5 Å². The number of rotatable bonds is 7. The highest BCUT2D eigenvalue weighted by Crippen LogP contribution is 2.31. The predicted octanol–water partition coefficient (Wildman–Crippen LogP) is 4.73. The average molecular weight is 525 g/mol. The number of hydrogen-bond donors (Lipinski definition) is 0. The summed E-state index contributed by atoms with van der Waals surface area (Å²) in [6.45, 7) is 5.23. The highest BCUT2D eigenvalue weighted by atomic mass is 32.1. The minimum atomic E-state index is -0.350. The summed E-state index contributed by atoms with van der Waals surface area (Å²) < 4.78 is 8.08. The van der Waals surface area contributed by atoms with Crippen LogP contribution in [0.1, 0.15) is 25.0 Å². The molecule has 0 unspecified atom stereocenters. The second-order valence-electron chi connectivity index (χ2n) is 10.0. The van der Waals surface area contributed by atoms with E-state index in [4.69, 9.17) is 5.10 Å². The number of benzene rings is 1. The maximum Gasteiger partial charge on any atom is 0.333 e. The second kappa shape index (κ2) is 9.57. The monoisotopic (exact) mass is 524 g/mol. The number of hydrogen-bond acceptors (Lipinski definition) is 5. The van der Waals surface area contributed by atoms with Crippen molar-refractivity contribution >= 4 is 32.5 Å². The van der Waals surface area contributed by atoms with Gasteiger partial charge in [-0.2, -0.15) is 5.10 Å². The first kappa shape index (κ1) is 24.1. The van der Waals surface area contributed by atoms with Crippen LogP contribution in [0.3, 0.4) is 0 Å². The zero-order chi connectivity index (χ0) is 26.4. The van der Waals surface area contributed by atoms with E-state index in [0.717, 1.165) is 16.8 Å². The maximum absolute atomic E-state index is 14.1. The summed E-state index contributed by atoms with van der Waals surface area (Å²) in [5.74, 6) is 0.187. The minimum Gasteiger partial charge on any atom is -0.349 e. The van der Waals surface area contributed by atoms with Crippen molar-refractivity contribution in [2.24, 2.45) is 13.0 Å². The lowest BCUT2D eigenvalue weighted by molar-refractivity contribution is 0.492. The molecule has 0 saturated carbocycles. The lowest BCUT2D eigenvalue weighted by Gasteiger charge is -2.13. The molecule has 1 aromatic carbocycles. The molecule has 38 heavy (non-hydrogen) atoms. The SMILES string of the molecule is CC(C)Cn1c(=O)n(Cc2ccncc2)c(=O)c2c(-c3cccn3C)n(Cc3csc4ccccc34)nc21. The van der Waals surface area contributed by atoms with Gasteiger partial charge >= 0.3 is 5.69 Å². The quantitative estimate of drug-likeness (QED) is 0.303. The first-order valence-electron chi connectivity index (χ1n) is 12.6. The number of thiophene rings is 1. The molecule has 0 bridgehead atoms. The van der Waals surface area contributed by atoms with E-state index in [0.29, 0.717) is 29.8 Å². The zero-order valence-electron chi connectivity index (χ0n) is 21.5. The predicted molar refractivity (Wildman–Crippen MR) is 152 cm³/mol. The molecule has 0 aliphatic carbocycles. The van der Waals surface area contributed by atoms with Gasteiger partial charge in [0.05, 0.1) is 18.8 Å². The fraction of sp³-hybridized carbons (Fsp3) is 0.241. The number of aromatic nitrogens is 6. The van der Waals surface area contributed by atoms with Gasteiger partial charge in [-0.05, 0) is 58.1 Å². The molecule has 0 aliphatic rings. The molecule has 0 atom stereocenters. The van der Waals surface area contributed by atoms with E-state index in [1.807, 2.05) is 58.9 Å². The van der Waals surface area contributed by atoms with Gasteiger partial charge in [0, 0.05) is 36.9 Å². The van der Waals surface area contributed by atoms with Crippen LogP contribution in [0.4, 0.5) is 0 Å². The molecule has 6 aromatic rings. The molecule has 0 saturated heterocycles. The molecular weight excluding hydrogens is 496 g/mol. The molecule has 8 nitrogen and oxygen atoms in total. The van der Waals surface area contributed by atoms with Crippen LogP contribution in [0.25, 0.3) is 32.5 Å². The first-order chi connectivity index (χ1) is 18.4. The van der Waals surface area contributed by atoms with Gasteiger partial charge in [-0.15, -0.1) is 11.3 Å². The molecule has 0 radical (unpaired) electrons. The normalized spacial score (nSPS) is 11.8. The fourth-order valence-corrected chi connectivity index (χ4v) is 5.99. The molecule has 9 heteroatoms. The van der Waals surface area contributed by atoms with Crippen molar-refractivity contribution < 1.29 is 0 Å². The molecule has 0 N–H and O–H groups in total. The number of fused-ring (bicyclic) bond motifs is 2. The number of pyridine rings is 1. The third-order valence-electron chi connectivity index (χ3n) is 6.82. The molecule has 0 fully saturated rings. The summed E-state index contributed by atoms with van der Waals surface area (Å²) in [4.78, 5) is 32.0. The van der Waals surface area contributed by atoms with Crippen LogP contribution in [-0.2, 0) is 26.7 Å².